The summed E-state index contributed by atoms with van der Waals surface area (Å²) in [6, 6.07) is 3.72. The molecule has 0 atom stereocenters. The van der Waals surface area contributed by atoms with Gasteiger partial charge < -0.3 is 5.73 Å². The molecule has 2 aromatic heterocycles. The number of aryl methyl sites for hydroxylation is 1. The highest BCUT2D eigenvalue weighted by Gasteiger charge is 2.08. The maximum Gasteiger partial charge on any atom is 0.208 e. The Balaban J connectivity index is 2.11. The van der Waals surface area contributed by atoms with Gasteiger partial charge in [0.1, 0.15) is 17.4 Å². The summed E-state index contributed by atoms with van der Waals surface area (Å²) in [5, 5.41) is 14.9. The Morgan fingerprint density at radius 3 is 3.06 bits per heavy atom. The molecule has 7 heteroatoms. The highest BCUT2D eigenvalue weighted by molar-refractivity contribution is 7.98. The largest absolute Gasteiger partial charge is 0.382 e. The third-order valence-electron chi connectivity index (χ3n) is 2.08. The van der Waals surface area contributed by atoms with E-state index in [1.54, 1.807) is 6.20 Å². The van der Waals surface area contributed by atoms with Gasteiger partial charge >= 0.3 is 0 Å². The number of thioether (sulfide) groups is 1. The van der Waals surface area contributed by atoms with Gasteiger partial charge in [0.05, 0.1) is 0 Å². The van der Waals surface area contributed by atoms with Crippen LogP contribution in [0.25, 0.3) is 0 Å². The predicted molar refractivity (Wildman–Crippen MR) is 65.9 cm³/mol. The molecule has 0 spiro atoms. The minimum atomic E-state index is -0.0210. The van der Waals surface area contributed by atoms with Crippen molar-refractivity contribution >= 4 is 17.6 Å². The number of aromatic nitrogens is 4. The maximum atomic E-state index is 7.43. The molecular weight excluding hydrogens is 236 g/mol. The van der Waals surface area contributed by atoms with Crippen LogP contribution in [0.1, 0.15) is 17.1 Å². The number of H-pyrrole nitrogens is 1. The second kappa shape index (κ2) is 4.96. The summed E-state index contributed by atoms with van der Waals surface area (Å²) in [6.45, 7) is 1.85. The molecule has 0 fully saturated rings. The quantitative estimate of drug-likeness (QED) is 0.426. The SMILES string of the molecule is Cc1nc(SCc2cccnc2C(=N)N)n[nH]1. The number of nitrogen functional groups attached to an aromatic ring is 1. The number of nitrogens with zero attached hydrogens (tertiary/aromatic N) is 3. The van der Waals surface area contributed by atoms with Gasteiger partial charge in [-0.15, -0.1) is 5.10 Å². The molecule has 6 nitrogen and oxygen atoms in total. The number of rotatable bonds is 4. The van der Waals surface area contributed by atoms with Crippen molar-refractivity contribution in [1.29, 1.82) is 5.41 Å². The standard InChI is InChI=1S/C10H12N6S/c1-6-14-10(16-15-6)17-5-7-3-2-4-13-8(7)9(11)12/h2-4H,5H2,1H3,(H3,11,12)(H,14,15,16). The molecule has 2 aromatic rings. The van der Waals surface area contributed by atoms with Crippen molar-refractivity contribution in [2.45, 2.75) is 17.8 Å². The normalized spacial score (nSPS) is 10.4. The molecule has 0 aliphatic carbocycles. The molecule has 4 N–H and O–H groups in total. The lowest BCUT2D eigenvalue weighted by Crippen LogP contribution is -2.15. The summed E-state index contributed by atoms with van der Waals surface area (Å²) in [5.41, 5.74) is 6.89. The smallest absolute Gasteiger partial charge is 0.208 e. The van der Waals surface area contributed by atoms with E-state index in [9.17, 15) is 0 Å². The van der Waals surface area contributed by atoms with Crippen LogP contribution < -0.4 is 5.73 Å². The molecule has 0 aliphatic rings. The van der Waals surface area contributed by atoms with Crippen molar-refractivity contribution in [3.05, 3.63) is 35.4 Å². The number of nitrogens with two attached hydrogens (primary N) is 1. The van der Waals surface area contributed by atoms with E-state index in [2.05, 4.69) is 20.2 Å². The average Bonchev–Trinajstić information content (AvgIpc) is 2.73. The van der Waals surface area contributed by atoms with Gasteiger partial charge in [-0.25, -0.2) is 4.98 Å². The van der Waals surface area contributed by atoms with E-state index < -0.39 is 0 Å². The van der Waals surface area contributed by atoms with Crippen LogP contribution >= 0.6 is 11.8 Å². The van der Waals surface area contributed by atoms with Gasteiger partial charge in [-0.05, 0) is 18.6 Å². The van der Waals surface area contributed by atoms with Crippen LogP contribution in [0, 0.1) is 12.3 Å². The fourth-order valence-electron chi connectivity index (χ4n) is 1.33. The van der Waals surface area contributed by atoms with E-state index in [1.807, 2.05) is 19.1 Å². The van der Waals surface area contributed by atoms with Crippen molar-refractivity contribution in [1.82, 2.24) is 20.2 Å². The molecule has 2 rings (SSSR count). The van der Waals surface area contributed by atoms with E-state index in [0.717, 1.165) is 11.4 Å². The molecule has 0 bridgehead atoms. The second-order valence-electron chi connectivity index (χ2n) is 3.42. The summed E-state index contributed by atoms with van der Waals surface area (Å²) < 4.78 is 0. The lowest BCUT2D eigenvalue weighted by atomic mass is 10.2. The van der Waals surface area contributed by atoms with Gasteiger partial charge in [0.25, 0.3) is 0 Å². The molecule has 0 aromatic carbocycles. The maximum absolute atomic E-state index is 7.43. The van der Waals surface area contributed by atoms with Crippen LogP contribution in [0.3, 0.4) is 0 Å². The predicted octanol–water partition coefficient (Wildman–Crippen LogP) is 1.08. The summed E-state index contributed by atoms with van der Waals surface area (Å²) >= 11 is 1.48. The van der Waals surface area contributed by atoms with Gasteiger partial charge in [-0.3, -0.25) is 15.5 Å². The van der Waals surface area contributed by atoms with Gasteiger partial charge in [-0.2, -0.15) is 0 Å². The molecule has 17 heavy (non-hydrogen) atoms. The van der Waals surface area contributed by atoms with Crippen LogP contribution in [0.4, 0.5) is 0 Å². The summed E-state index contributed by atoms with van der Waals surface area (Å²) in [4.78, 5) is 8.28. The summed E-state index contributed by atoms with van der Waals surface area (Å²) in [6.07, 6.45) is 1.63. The van der Waals surface area contributed by atoms with Crippen molar-refractivity contribution in [2.75, 3.05) is 0 Å². The van der Waals surface area contributed by atoms with E-state index in [1.165, 1.54) is 11.8 Å². The molecule has 2 heterocycles. The minimum Gasteiger partial charge on any atom is -0.382 e. The fraction of sp³-hybridized carbons (Fsp3) is 0.200. The zero-order valence-electron chi connectivity index (χ0n) is 9.27. The monoisotopic (exact) mass is 248 g/mol. The molecule has 0 aliphatic heterocycles. The molecule has 88 valence electrons. The number of nitrogens with one attached hydrogen (secondary N) is 2. The number of aromatic amines is 1. The zero-order chi connectivity index (χ0) is 12.3. The second-order valence-corrected chi connectivity index (χ2v) is 4.36. The summed E-state index contributed by atoms with van der Waals surface area (Å²) in [7, 11) is 0. The first-order valence-electron chi connectivity index (χ1n) is 4.97. The molecule has 0 amide bonds. The molecular formula is C10H12N6S. The van der Waals surface area contributed by atoms with Crippen molar-refractivity contribution in [3.8, 4) is 0 Å². The van der Waals surface area contributed by atoms with Crippen LogP contribution in [-0.2, 0) is 5.75 Å². The van der Waals surface area contributed by atoms with Gasteiger partial charge in [-0.1, -0.05) is 17.8 Å². The Morgan fingerprint density at radius 2 is 2.41 bits per heavy atom. The zero-order valence-corrected chi connectivity index (χ0v) is 10.1. The lowest BCUT2D eigenvalue weighted by molar-refractivity contribution is 0.968. The highest BCUT2D eigenvalue weighted by atomic mass is 32.2. The molecule has 0 saturated carbocycles. The highest BCUT2D eigenvalue weighted by Crippen LogP contribution is 2.20. The number of pyridine rings is 1. The Morgan fingerprint density at radius 1 is 1.59 bits per heavy atom. The van der Waals surface area contributed by atoms with E-state index in [-0.39, 0.29) is 5.84 Å². The number of hydrogen-bond acceptors (Lipinski definition) is 5. The van der Waals surface area contributed by atoms with Crippen molar-refractivity contribution < 1.29 is 0 Å². The minimum absolute atomic E-state index is 0.0210. The first-order chi connectivity index (χ1) is 8.16. The number of amidine groups is 1. The summed E-state index contributed by atoms with van der Waals surface area (Å²) in [5.74, 6) is 1.40. The van der Waals surface area contributed by atoms with Crippen molar-refractivity contribution in [2.24, 2.45) is 5.73 Å². The number of hydrogen-bond donors (Lipinski definition) is 3. The first kappa shape index (κ1) is 11.6. The molecule has 0 unspecified atom stereocenters. The van der Waals surface area contributed by atoms with Gasteiger partial charge in [0.2, 0.25) is 5.16 Å². The van der Waals surface area contributed by atoms with Gasteiger partial charge in [0, 0.05) is 11.9 Å². The third-order valence-corrected chi connectivity index (χ3v) is 2.98. The van der Waals surface area contributed by atoms with E-state index >= 15 is 0 Å². The Kier molecular flexibility index (Phi) is 3.38. The van der Waals surface area contributed by atoms with Crippen LogP contribution in [0.5, 0.6) is 0 Å². The van der Waals surface area contributed by atoms with E-state index in [0.29, 0.717) is 16.6 Å². The van der Waals surface area contributed by atoms with Crippen molar-refractivity contribution in [3.63, 3.8) is 0 Å². The lowest BCUT2D eigenvalue weighted by Gasteiger charge is -2.04. The average molecular weight is 248 g/mol. The Labute approximate surface area is 103 Å². The Bertz CT molecular complexity index is 535. The third kappa shape index (κ3) is 2.82. The van der Waals surface area contributed by atoms with Crippen LogP contribution in [0.2, 0.25) is 0 Å². The van der Waals surface area contributed by atoms with Crippen LogP contribution in [0.15, 0.2) is 23.5 Å². The first-order valence-corrected chi connectivity index (χ1v) is 5.95. The Hall–Kier alpha value is -1.89. The molecule has 0 saturated heterocycles. The van der Waals surface area contributed by atoms with Crippen LogP contribution in [-0.4, -0.2) is 26.0 Å². The molecule has 0 radical (unpaired) electrons. The fourth-order valence-corrected chi connectivity index (χ4v) is 2.16. The van der Waals surface area contributed by atoms with Gasteiger partial charge in [0.15, 0.2) is 0 Å². The topological polar surface area (TPSA) is 104 Å². The van der Waals surface area contributed by atoms with E-state index in [4.69, 9.17) is 11.1 Å².